The van der Waals surface area contributed by atoms with Gasteiger partial charge in [-0.1, -0.05) is 23.9 Å². The molecular formula is C19H19N3O5S2. The average Bonchev–Trinajstić information content (AvgIpc) is 3.19. The van der Waals surface area contributed by atoms with Crippen LogP contribution in [0, 0.1) is 0 Å². The van der Waals surface area contributed by atoms with Crippen LogP contribution in [0.2, 0.25) is 0 Å². The molecule has 152 valence electrons. The molecule has 3 aromatic rings. The van der Waals surface area contributed by atoms with Crippen LogP contribution in [0.4, 0.5) is 5.69 Å². The van der Waals surface area contributed by atoms with Crippen LogP contribution in [-0.4, -0.2) is 48.0 Å². The summed E-state index contributed by atoms with van der Waals surface area (Å²) in [5.74, 6) is -0.805. The minimum atomic E-state index is -0.507. The second kappa shape index (κ2) is 9.68. The van der Waals surface area contributed by atoms with E-state index in [-0.39, 0.29) is 17.2 Å². The van der Waals surface area contributed by atoms with Crippen molar-refractivity contribution in [2.24, 2.45) is 0 Å². The highest BCUT2D eigenvalue weighted by Gasteiger charge is 2.17. The van der Waals surface area contributed by atoms with E-state index in [1.165, 1.54) is 23.0 Å². The van der Waals surface area contributed by atoms with Crippen LogP contribution < -0.4 is 10.9 Å². The topological polar surface area (TPSA) is 99.5 Å². The fourth-order valence-electron chi connectivity index (χ4n) is 2.61. The molecular weight excluding hydrogens is 414 g/mol. The van der Waals surface area contributed by atoms with E-state index in [0.29, 0.717) is 39.8 Å². The number of fused-ring (bicyclic) bond motifs is 1. The number of ether oxygens (including phenoxy) is 2. The Morgan fingerprint density at radius 3 is 2.79 bits per heavy atom. The Kier molecular flexibility index (Phi) is 7.02. The fraction of sp³-hybridized carbons (Fsp3) is 0.263. The van der Waals surface area contributed by atoms with Crippen molar-refractivity contribution in [3.05, 3.63) is 50.9 Å². The number of esters is 1. The van der Waals surface area contributed by atoms with Crippen LogP contribution in [0.15, 0.2) is 45.7 Å². The zero-order valence-electron chi connectivity index (χ0n) is 15.8. The van der Waals surface area contributed by atoms with Crippen molar-refractivity contribution in [3.8, 4) is 0 Å². The van der Waals surface area contributed by atoms with Crippen LogP contribution in [0.3, 0.4) is 0 Å². The van der Waals surface area contributed by atoms with Gasteiger partial charge in [0.15, 0.2) is 5.16 Å². The lowest BCUT2D eigenvalue weighted by molar-refractivity contribution is -0.113. The lowest BCUT2D eigenvalue weighted by atomic mass is 10.2. The third-order valence-corrected chi connectivity index (χ3v) is 5.86. The lowest BCUT2D eigenvalue weighted by Crippen LogP contribution is -2.26. The van der Waals surface area contributed by atoms with Crippen molar-refractivity contribution in [3.63, 3.8) is 0 Å². The second-order valence-electron chi connectivity index (χ2n) is 5.85. The highest BCUT2D eigenvalue weighted by Crippen LogP contribution is 2.24. The van der Waals surface area contributed by atoms with Gasteiger partial charge in [-0.2, -0.15) is 0 Å². The van der Waals surface area contributed by atoms with E-state index in [2.05, 4.69) is 10.3 Å². The molecule has 0 aliphatic carbocycles. The number of aromatic nitrogens is 2. The molecule has 8 nitrogen and oxygen atoms in total. The Morgan fingerprint density at radius 1 is 1.24 bits per heavy atom. The Hall–Kier alpha value is -2.69. The first kappa shape index (κ1) is 21.0. The van der Waals surface area contributed by atoms with Crippen molar-refractivity contribution in [1.82, 2.24) is 9.55 Å². The number of carbonyl (C=O) groups is 2. The summed E-state index contributed by atoms with van der Waals surface area (Å²) in [5, 5.41) is 5.34. The molecule has 0 radical (unpaired) electrons. The van der Waals surface area contributed by atoms with Gasteiger partial charge in [0, 0.05) is 7.11 Å². The summed E-state index contributed by atoms with van der Waals surface area (Å²) < 4.78 is 11.3. The summed E-state index contributed by atoms with van der Waals surface area (Å²) in [7, 11) is 2.84. The lowest BCUT2D eigenvalue weighted by Gasteiger charge is -2.12. The molecule has 0 unspecified atom stereocenters. The first-order valence-corrected chi connectivity index (χ1v) is 10.5. The maximum atomic E-state index is 12.8. The molecule has 1 N–H and O–H groups in total. The molecule has 3 rings (SSSR count). The van der Waals surface area contributed by atoms with Gasteiger partial charge in [0.05, 0.1) is 42.6 Å². The van der Waals surface area contributed by atoms with Crippen LogP contribution in [0.5, 0.6) is 0 Å². The van der Waals surface area contributed by atoms with Crippen molar-refractivity contribution < 1.29 is 19.1 Å². The minimum Gasteiger partial charge on any atom is -0.465 e. The van der Waals surface area contributed by atoms with Gasteiger partial charge >= 0.3 is 5.97 Å². The van der Waals surface area contributed by atoms with Gasteiger partial charge in [0.1, 0.15) is 4.88 Å². The van der Waals surface area contributed by atoms with E-state index in [0.717, 1.165) is 11.8 Å². The third-order valence-electron chi connectivity index (χ3n) is 3.99. The summed E-state index contributed by atoms with van der Waals surface area (Å²) in [6, 6.07) is 8.71. The Morgan fingerprint density at radius 2 is 2.03 bits per heavy atom. The Bertz CT molecular complexity index is 1090. The Balaban J connectivity index is 1.79. The predicted octanol–water partition coefficient (Wildman–Crippen LogP) is 2.62. The van der Waals surface area contributed by atoms with E-state index in [9.17, 15) is 14.4 Å². The van der Waals surface area contributed by atoms with E-state index >= 15 is 0 Å². The number of nitrogens with one attached hydrogen (secondary N) is 1. The summed E-state index contributed by atoms with van der Waals surface area (Å²) in [5.41, 5.74) is 0.789. The van der Waals surface area contributed by atoms with E-state index in [1.807, 2.05) is 0 Å². The quantitative estimate of drug-likeness (QED) is 0.331. The molecule has 0 saturated heterocycles. The molecule has 0 fully saturated rings. The van der Waals surface area contributed by atoms with Crippen molar-refractivity contribution in [1.29, 1.82) is 0 Å². The average molecular weight is 434 g/mol. The number of benzene rings is 1. The molecule has 1 aromatic carbocycles. The van der Waals surface area contributed by atoms with Crippen LogP contribution in [0.25, 0.3) is 10.9 Å². The number of hydrogen-bond acceptors (Lipinski definition) is 8. The summed E-state index contributed by atoms with van der Waals surface area (Å²) >= 11 is 2.33. The number of nitrogens with zero attached hydrogens (tertiary/aromatic N) is 2. The smallest absolute Gasteiger partial charge is 0.350 e. The number of methoxy groups -OCH3 is 2. The first-order chi connectivity index (χ1) is 14.0. The van der Waals surface area contributed by atoms with Gasteiger partial charge in [-0.3, -0.25) is 14.2 Å². The molecule has 1 amide bonds. The maximum Gasteiger partial charge on any atom is 0.350 e. The largest absolute Gasteiger partial charge is 0.465 e. The highest BCUT2D eigenvalue weighted by molar-refractivity contribution is 7.99. The molecule has 0 spiro atoms. The third kappa shape index (κ3) is 4.84. The summed E-state index contributed by atoms with van der Waals surface area (Å²) in [6.07, 6.45) is 0. The zero-order chi connectivity index (χ0) is 20.8. The molecule has 0 saturated carbocycles. The fourth-order valence-corrected chi connectivity index (χ4v) is 4.20. The number of anilines is 1. The minimum absolute atomic E-state index is 0.0220. The number of carbonyl (C=O) groups excluding carboxylic acids is 2. The number of hydrogen-bond donors (Lipinski definition) is 1. The first-order valence-electron chi connectivity index (χ1n) is 8.62. The van der Waals surface area contributed by atoms with Crippen molar-refractivity contribution in [2.75, 3.05) is 31.9 Å². The number of para-hydroxylation sites is 1. The maximum absolute atomic E-state index is 12.8. The van der Waals surface area contributed by atoms with E-state index in [1.54, 1.807) is 42.8 Å². The highest BCUT2D eigenvalue weighted by atomic mass is 32.2. The van der Waals surface area contributed by atoms with Crippen molar-refractivity contribution >= 4 is 51.6 Å². The molecule has 0 aliphatic heterocycles. The Labute approximate surface area is 174 Å². The molecule has 2 aromatic heterocycles. The predicted molar refractivity (Wildman–Crippen MR) is 113 cm³/mol. The summed E-state index contributed by atoms with van der Waals surface area (Å²) in [4.78, 5) is 41.8. The normalized spacial score (nSPS) is 10.8. The van der Waals surface area contributed by atoms with Gasteiger partial charge in [0.25, 0.3) is 5.56 Å². The van der Waals surface area contributed by atoms with E-state index < -0.39 is 5.97 Å². The van der Waals surface area contributed by atoms with Crippen LogP contribution in [-0.2, 0) is 20.8 Å². The van der Waals surface area contributed by atoms with Crippen LogP contribution in [0.1, 0.15) is 9.67 Å². The molecule has 2 heterocycles. The van der Waals surface area contributed by atoms with E-state index in [4.69, 9.17) is 9.47 Å². The molecule has 0 aliphatic rings. The summed E-state index contributed by atoms with van der Waals surface area (Å²) in [6.45, 7) is 0.672. The van der Waals surface area contributed by atoms with Gasteiger partial charge in [-0.05, 0) is 23.6 Å². The molecule has 0 bridgehead atoms. The van der Waals surface area contributed by atoms with Gasteiger partial charge < -0.3 is 14.8 Å². The monoisotopic (exact) mass is 433 g/mol. The standard InChI is InChI=1S/C19H19N3O5S2/c1-26-9-8-22-17(24)12-5-3-4-6-13(12)21-19(22)29-11-15(23)20-14-7-10-28-16(14)18(25)27-2/h3-7,10H,8-9,11H2,1-2H3,(H,20,23). The zero-order valence-corrected chi connectivity index (χ0v) is 17.5. The number of thiophene rings is 1. The number of rotatable bonds is 8. The molecule has 0 atom stereocenters. The number of thioether (sulfide) groups is 1. The molecule has 10 heteroatoms. The SMILES string of the molecule is COCCn1c(SCC(=O)Nc2ccsc2C(=O)OC)nc2ccccc2c1=O. The molecule has 29 heavy (non-hydrogen) atoms. The van der Waals surface area contributed by atoms with Gasteiger partial charge in [-0.15, -0.1) is 11.3 Å². The second-order valence-corrected chi connectivity index (χ2v) is 7.71. The van der Waals surface area contributed by atoms with Gasteiger partial charge in [0.2, 0.25) is 5.91 Å². The number of amides is 1. The van der Waals surface area contributed by atoms with Crippen LogP contribution >= 0.6 is 23.1 Å². The van der Waals surface area contributed by atoms with Crippen molar-refractivity contribution in [2.45, 2.75) is 11.7 Å². The van der Waals surface area contributed by atoms with Gasteiger partial charge in [-0.25, -0.2) is 9.78 Å².